The van der Waals surface area contributed by atoms with Crippen LogP contribution in [0, 0.1) is 0 Å². The van der Waals surface area contributed by atoms with E-state index in [4.69, 9.17) is 4.74 Å². The molecule has 1 aliphatic rings. The van der Waals surface area contributed by atoms with Crippen molar-refractivity contribution in [2.45, 2.75) is 26.1 Å². The molecule has 2 aromatic rings. The van der Waals surface area contributed by atoms with E-state index in [9.17, 15) is 9.59 Å². The Labute approximate surface area is 157 Å². The smallest absolute Gasteiger partial charge is 0.270 e. The Morgan fingerprint density at radius 2 is 1.81 bits per heavy atom. The minimum Gasteiger partial charge on any atom is -0.372 e. The highest BCUT2D eigenvalue weighted by atomic mass is 32.1. The molecule has 0 radical (unpaired) electrons. The van der Waals surface area contributed by atoms with Crippen molar-refractivity contribution >= 4 is 29.2 Å². The number of benzene rings is 1. The van der Waals surface area contributed by atoms with E-state index < -0.39 is 0 Å². The van der Waals surface area contributed by atoms with Gasteiger partial charge in [0.25, 0.3) is 11.8 Å². The molecule has 2 atom stereocenters. The molecular weight excluding hydrogens is 348 g/mol. The molecule has 2 amide bonds. The van der Waals surface area contributed by atoms with Crippen molar-refractivity contribution in [1.29, 1.82) is 0 Å². The Hall–Kier alpha value is -2.44. The first-order valence-corrected chi connectivity index (χ1v) is 9.47. The van der Waals surface area contributed by atoms with Crippen LogP contribution in [0.25, 0.3) is 6.08 Å². The van der Waals surface area contributed by atoms with Gasteiger partial charge in [-0.1, -0.05) is 24.3 Å². The van der Waals surface area contributed by atoms with Crippen LogP contribution in [0.5, 0.6) is 0 Å². The Balaban J connectivity index is 1.84. The highest BCUT2D eigenvalue weighted by Gasteiger charge is 2.28. The molecular formula is C20H22N2O3S. The zero-order chi connectivity index (χ0) is 18.5. The average molecular weight is 370 g/mol. The van der Waals surface area contributed by atoms with E-state index in [0.717, 1.165) is 4.88 Å². The first kappa shape index (κ1) is 18.4. The minimum atomic E-state index is -0.295. The predicted molar refractivity (Wildman–Crippen MR) is 103 cm³/mol. The number of nitrogens with one attached hydrogen (secondary N) is 1. The minimum absolute atomic E-state index is 0.0319. The first-order valence-electron chi connectivity index (χ1n) is 8.59. The number of carbonyl (C=O) groups is 2. The van der Waals surface area contributed by atoms with Crippen LogP contribution in [0.2, 0.25) is 0 Å². The van der Waals surface area contributed by atoms with E-state index in [-0.39, 0.29) is 29.7 Å². The van der Waals surface area contributed by atoms with Gasteiger partial charge >= 0.3 is 0 Å². The predicted octanol–water partition coefficient (Wildman–Crippen LogP) is 3.15. The lowest BCUT2D eigenvalue weighted by Gasteiger charge is -2.35. The summed E-state index contributed by atoms with van der Waals surface area (Å²) in [5.74, 6) is -0.485. The van der Waals surface area contributed by atoms with Gasteiger partial charge in [0.2, 0.25) is 0 Å². The van der Waals surface area contributed by atoms with Crippen molar-refractivity contribution in [3.63, 3.8) is 0 Å². The molecule has 3 rings (SSSR count). The summed E-state index contributed by atoms with van der Waals surface area (Å²) < 4.78 is 5.70. The number of hydrogen-bond acceptors (Lipinski definition) is 4. The highest BCUT2D eigenvalue weighted by Crippen LogP contribution is 2.17. The van der Waals surface area contributed by atoms with Gasteiger partial charge in [-0.25, -0.2) is 0 Å². The van der Waals surface area contributed by atoms with Crippen molar-refractivity contribution in [2.75, 3.05) is 13.1 Å². The number of carbonyl (C=O) groups excluding carboxylic acids is 2. The van der Waals surface area contributed by atoms with Crippen molar-refractivity contribution in [2.24, 2.45) is 0 Å². The van der Waals surface area contributed by atoms with E-state index >= 15 is 0 Å². The third-order valence-corrected chi connectivity index (χ3v) is 4.87. The second-order valence-corrected chi connectivity index (χ2v) is 7.34. The molecule has 0 saturated carbocycles. The third kappa shape index (κ3) is 4.59. The fourth-order valence-corrected chi connectivity index (χ4v) is 3.62. The van der Waals surface area contributed by atoms with Crippen molar-refractivity contribution in [3.8, 4) is 0 Å². The second kappa shape index (κ2) is 8.29. The van der Waals surface area contributed by atoms with Crippen molar-refractivity contribution in [1.82, 2.24) is 10.2 Å². The number of hydrogen-bond donors (Lipinski definition) is 1. The molecule has 1 aromatic heterocycles. The van der Waals surface area contributed by atoms with Gasteiger partial charge in [-0.15, -0.1) is 11.3 Å². The van der Waals surface area contributed by atoms with Crippen molar-refractivity contribution in [3.05, 3.63) is 64.0 Å². The molecule has 1 N–H and O–H groups in total. The third-order valence-electron chi connectivity index (χ3n) is 4.05. The van der Waals surface area contributed by atoms with Gasteiger partial charge in [0.15, 0.2) is 0 Å². The van der Waals surface area contributed by atoms with E-state index in [1.54, 1.807) is 35.2 Å². The number of thiophene rings is 1. The topological polar surface area (TPSA) is 58.6 Å². The highest BCUT2D eigenvalue weighted by molar-refractivity contribution is 7.10. The number of rotatable bonds is 4. The molecule has 1 aliphatic heterocycles. The van der Waals surface area contributed by atoms with Crippen LogP contribution >= 0.6 is 11.3 Å². The molecule has 1 aromatic carbocycles. The maximum absolute atomic E-state index is 13.1. The Bertz CT molecular complexity index is 777. The molecule has 136 valence electrons. The molecule has 6 heteroatoms. The van der Waals surface area contributed by atoms with Crippen LogP contribution in [0.15, 0.2) is 53.5 Å². The molecule has 5 nitrogen and oxygen atoms in total. The molecule has 2 heterocycles. The second-order valence-electron chi connectivity index (χ2n) is 6.36. The number of morpholine rings is 1. The summed E-state index contributed by atoms with van der Waals surface area (Å²) in [5, 5.41) is 4.73. The maximum atomic E-state index is 13.1. The summed E-state index contributed by atoms with van der Waals surface area (Å²) in [7, 11) is 0. The molecule has 26 heavy (non-hydrogen) atoms. The van der Waals surface area contributed by atoms with Gasteiger partial charge in [0.05, 0.1) is 12.2 Å². The Kier molecular flexibility index (Phi) is 5.85. The lowest BCUT2D eigenvalue weighted by Crippen LogP contribution is -2.50. The Morgan fingerprint density at radius 1 is 1.12 bits per heavy atom. The lowest BCUT2D eigenvalue weighted by molar-refractivity contribution is -0.139. The number of amides is 2. The summed E-state index contributed by atoms with van der Waals surface area (Å²) in [4.78, 5) is 28.3. The summed E-state index contributed by atoms with van der Waals surface area (Å²) in [5.41, 5.74) is 0.795. The quantitative estimate of drug-likeness (QED) is 0.841. The van der Waals surface area contributed by atoms with Gasteiger partial charge < -0.3 is 15.0 Å². The number of nitrogens with zero attached hydrogens (tertiary/aromatic N) is 1. The standard InChI is InChI=1S/C20H22N2O3S/c1-14-12-22(13-15(2)25-14)20(24)18(11-17-9-6-10-26-17)21-19(23)16-7-4-3-5-8-16/h3-11,14-15H,12-13H2,1-2H3,(H,21,23)/b18-11-/t14-,15+. The van der Waals surface area contributed by atoms with Crippen LogP contribution in [-0.2, 0) is 9.53 Å². The normalized spacial score (nSPS) is 20.7. The van der Waals surface area contributed by atoms with Gasteiger partial charge in [-0.2, -0.15) is 0 Å². The Morgan fingerprint density at radius 3 is 2.42 bits per heavy atom. The molecule has 0 unspecified atom stereocenters. The van der Waals surface area contributed by atoms with E-state index in [1.807, 2.05) is 37.4 Å². The van der Waals surface area contributed by atoms with Crippen molar-refractivity contribution < 1.29 is 14.3 Å². The van der Waals surface area contributed by atoms with Crippen LogP contribution < -0.4 is 5.32 Å². The van der Waals surface area contributed by atoms with E-state index in [0.29, 0.717) is 18.7 Å². The SMILES string of the molecule is C[C@@H]1CN(C(=O)/C(=C/c2cccs2)NC(=O)c2ccccc2)C[C@H](C)O1. The molecule has 1 fully saturated rings. The molecule has 0 spiro atoms. The summed E-state index contributed by atoms with van der Waals surface area (Å²) >= 11 is 1.52. The van der Waals surface area contributed by atoms with Crippen LogP contribution in [-0.4, -0.2) is 42.0 Å². The fraction of sp³-hybridized carbons (Fsp3) is 0.300. The van der Waals surface area contributed by atoms with Gasteiger partial charge in [0.1, 0.15) is 5.70 Å². The molecule has 0 bridgehead atoms. The van der Waals surface area contributed by atoms with Gasteiger partial charge in [0, 0.05) is 23.5 Å². The van der Waals surface area contributed by atoms with Gasteiger partial charge in [-0.3, -0.25) is 9.59 Å². The first-order chi connectivity index (χ1) is 12.5. The zero-order valence-electron chi connectivity index (χ0n) is 14.8. The molecule has 1 saturated heterocycles. The van der Waals surface area contributed by atoms with Gasteiger partial charge in [-0.05, 0) is 43.5 Å². The molecule has 0 aliphatic carbocycles. The summed E-state index contributed by atoms with van der Waals surface area (Å²) in [6.45, 7) is 4.90. The number of ether oxygens (including phenoxy) is 1. The van der Waals surface area contributed by atoms with Crippen LogP contribution in [0.4, 0.5) is 0 Å². The van der Waals surface area contributed by atoms with Crippen LogP contribution in [0.3, 0.4) is 0 Å². The summed E-state index contributed by atoms with van der Waals surface area (Å²) in [6.07, 6.45) is 1.67. The summed E-state index contributed by atoms with van der Waals surface area (Å²) in [6, 6.07) is 12.7. The van der Waals surface area contributed by atoms with Crippen LogP contribution in [0.1, 0.15) is 29.1 Å². The van der Waals surface area contributed by atoms with E-state index in [1.165, 1.54) is 11.3 Å². The van der Waals surface area contributed by atoms with E-state index in [2.05, 4.69) is 5.32 Å². The average Bonchev–Trinajstić information content (AvgIpc) is 3.13. The zero-order valence-corrected chi connectivity index (χ0v) is 15.7. The monoisotopic (exact) mass is 370 g/mol. The maximum Gasteiger partial charge on any atom is 0.270 e. The fourth-order valence-electron chi connectivity index (χ4n) is 2.97. The lowest BCUT2D eigenvalue weighted by atomic mass is 10.2. The largest absolute Gasteiger partial charge is 0.372 e.